The minimum atomic E-state index is 0.578. The van der Waals surface area contributed by atoms with E-state index in [9.17, 15) is 0 Å². The predicted octanol–water partition coefficient (Wildman–Crippen LogP) is 2.71. The minimum absolute atomic E-state index is 0.578. The van der Waals surface area contributed by atoms with Crippen LogP contribution < -0.4 is 4.90 Å². The van der Waals surface area contributed by atoms with Crippen molar-refractivity contribution in [1.82, 2.24) is 14.8 Å². The zero-order valence-corrected chi connectivity index (χ0v) is 13.5. The van der Waals surface area contributed by atoms with Crippen molar-refractivity contribution in [3.8, 4) is 0 Å². The van der Waals surface area contributed by atoms with Crippen molar-refractivity contribution in [2.75, 3.05) is 24.7 Å². The molecule has 2 aromatic heterocycles. The van der Waals surface area contributed by atoms with Crippen LogP contribution in [-0.4, -0.2) is 34.5 Å². The first kappa shape index (κ1) is 14.5. The normalized spacial score (nSPS) is 18.6. The summed E-state index contributed by atoms with van der Waals surface area (Å²) in [6.45, 7) is 8.67. The Bertz CT molecular complexity index is 580. The van der Waals surface area contributed by atoms with Gasteiger partial charge in [0, 0.05) is 38.2 Å². The predicted molar refractivity (Wildman–Crippen MR) is 84.7 cm³/mol. The van der Waals surface area contributed by atoms with E-state index in [1.165, 1.54) is 5.69 Å². The smallest absolute Gasteiger partial charge is 0.208 e. The van der Waals surface area contributed by atoms with Gasteiger partial charge < -0.3 is 14.2 Å². The second-order valence-corrected chi connectivity index (χ2v) is 6.65. The fraction of sp³-hybridized carbons (Fsp3) is 0.600. The maximum Gasteiger partial charge on any atom is 0.208 e. The van der Waals surface area contributed by atoms with Crippen molar-refractivity contribution in [2.24, 2.45) is 5.92 Å². The molecule has 0 aromatic carbocycles. The molecule has 5 nitrogen and oxygen atoms in total. The van der Waals surface area contributed by atoms with E-state index in [0.29, 0.717) is 5.92 Å². The molecule has 0 saturated carbocycles. The maximum atomic E-state index is 5.54. The molecule has 0 N–H and O–H groups in total. The molecular formula is C15H22N4OS. The molecule has 6 heteroatoms. The summed E-state index contributed by atoms with van der Waals surface area (Å²) in [5, 5.41) is 10.5. The minimum Gasteiger partial charge on any atom is -0.382 e. The zero-order valence-electron chi connectivity index (χ0n) is 12.7. The van der Waals surface area contributed by atoms with E-state index in [1.54, 1.807) is 11.3 Å². The van der Waals surface area contributed by atoms with Crippen molar-refractivity contribution in [1.29, 1.82) is 0 Å². The van der Waals surface area contributed by atoms with Crippen LogP contribution in [0.25, 0.3) is 0 Å². The van der Waals surface area contributed by atoms with Crippen LogP contribution in [0.3, 0.4) is 0 Å². The van der Waals surface area contributed by atoms with Crippen molar-refractivity contribution >= 4 is 16.5 Å². The highest BCUT2D eigenvalue weighted by atomic mass is 32.1. The molecule has 0 unspecified atom stereocenters. The number of hydrogen-bond donors (Lipinski definition) is 0. The van der Waals surface area contributed by atoms with Gasteiger partial charge in [-0.2, -0.15) is 0 Å². The van der Waals surface area contributed by atoms with Crippen molar-refractivity contribution in [3.05, 3.63) is 29.0 Å². The quantitative estimate of drug-likeness (QED) is 0.797. The Morgan fingerprint density at radius 3 is 3.05 bits per heavy atom. The molecular weight excluding hydrogens is 284 g/mol. The molecule has 0 bridgehead atoms. The molecule has 21 heavy (non-hydrogen) atoms. The number of aryl methyl sites for hydroxylation is 1. The molecule has 0 spiro atoms. The molecule has 2 aromatic rings. The molecule has 3 rings (SSSR count). The molecule has 0 fully saturated rings. The first-order valence-corrected chi connectivity index (χ1v) is 8.34. The molecule has 0 amide bonds. The summed E-state index contributed by atoms with van der Waals surface area (Å²) in [6, 6.07) is 4.33. The molecule has 0 saturated heterocycles. The summed E-state index contributed by atoms with van der Waals surface area (Å²) in [7, 11) is 0. The number of aromatic nitrogens is 3. The lowest BCUT2D eigenvalue weighted by atomic mass is 10.1. The summed E-state index contributed by atoms with van der Waals surface area (Å²) in [5.74, 6) is 0.578. The highest BCUT2D eigenvalue weighted by Gasteiger charge is 2.23. The summed E-state index contributed by atoms with van der Waals surface area (Å²) in [5.41, 5.74) is 1.35. The second-order valence-electron chi connectivity index (χ2n) is 5.49. The Balaban J connectivity index is 1.77. The van der Waals surface area contributed by atoms with Crippen LogP contribution in [0.2, 0.25) is 0 Å². The van der Waals surface area contributed by atoms with Crippen LogP contribution in [0.5, 0.6) is 0 Å². The molecule has 0 radical (unpaired) electrons. The second kappa shape index (κ2) is 6.58. The number of hydrogen-bond acceptors (Lipinski definition) is 5. The average molecular weight is 306 g/mol. The molecule has 0 aliphatic carbocycles. The third-order valence-electron chi connectivity index (χ3n) is 3.87. The number of nitrogens with zero attached hydrogens (tertiary/aromatic N) is 4. The molecule has 114 valence electrons. The topological polar surface area (TPSA) is 43.2 Å². The van der Waals surface area contributed by atoms with Crippen molar-refractivity contribution in [2.45, 2.75) is 33.4 Å². The molecule has 1 aliphatic rings. The van der Waals surface area contributed by atoms with Crippen LogP contribution in [0.4, 0.5) is 5.13 Å². The van der Waals surface area contributed by atoms with Crippen LogP contribution >= 0.6 is 11.3 Å². The fourth-order valence-electron chi connectivity index (χ4n) is 2.82. The third kappa shape index (κ3) is 3.44. The Kier molecular flexibility index (Phi) is 4.55. The summed E-state index contributed by atoms with van der Waals surface area (Å²) in [4.78, 5) is 2.36. The Morgan fingerprint density at radius 2 is 2.29 bits per heavy atom. The summed E-state index contributed by atoms with van der Waals surface area (Å²) >= 11 is 1.67. The van der Waals surface area contributed by atoms with E-state index in [-0.39, 0.29) is 0 Å². The van der Waals surface area contributed by atoms with Gasteiger partial charge in [-0.05, 0) is 38.3 Å². The zero-order chi connectivity index (χ0) is 14.7. The third-order valence-corrected chi connectivity index (χ3v) is 4.77. The average Bonchev–Trinajstić information content (AvgIpc) is 3.04. The van der Waals surface area contributed by atoms with Gasteiger partial charge in [0.05, 0.1) is 6.54 Å². The van der Waals surface area contributed by atoms with E-state index < -0.39 is 0 Å². The van der Waals surface area contributed by atoms with E-state index >= 15 is 0 Å². The van der Waals surface area contributed by atoms with E-state index in [1.807, 2.05) is 13.8 Å². The Labute approximate surface area is 129 Å². The van der Waals surface area contributed by atoms with Gasteiger partial charge in [0.25, 0.3) is 0 Å². The first-order valence-electron chi connectivity index (χ1n) is 7.53. The van der Waals surface area contributed by atoms with Gasteiger partial charge >= 0.3 is 0 Å². The lowest BCUT2D eigenvalue weighted by molar-refractivity contribution is 0.130. The van der Waals surface area contributed by atoms with Gasteiger partial charge in [0.15, 0.2) is 0 Å². The van der Waals surface area contributed by atoms with E-state index in [2.05, 4.69) is 38.0 Å². The maximum absolute atomic E-state index is 5.54. The Morgan fingerprint density at radius 1 is 1.38 bits per heavy atom. The van der Waals surface area contributed by atoms with E-state index in [4.69, 9.17) is 4.74 Å². The largest absolute Gasteiger partial charge is 0.382 e. The molecule has 1 atom stereocenters. The van der Waals surface area contributed by atoms with Gasteiger partial charge in [-0.1, -0.05) is 11.3 Å². The number of fused-ring (bicyclic) bond motifs is 1. The van der Waals surface area contributed by atoms with Crippen LogP contribution in [0.15, 0.2) is 18.3 Å². The lowest BCUT2D eigenvalue weighted by Crippen LogP contribution is -2.28. The van der Waals surface area contributed by atoms with Crippen molar-refractivity contribution in [3.63, 3.8) is 0 Å². The lowest BCUT2D eigenvalue weighted by Gasteiger charge is -2.23. The van der Waals surface area contributed by atoms with Crippen molar-refractivity contribution < 1.29 is 4.74 Å². The van der Waals surface area contributed by atoms with Crippen LogP contribution in [-0.2, 0) is 17.8 Å². The number of anilines is 1. The van der Waals surface area contributed by atoms with Gasteiger partial charge in [0.1, 0.15) is 5.01 Å². The summed E-state index contributed by atoms with van der Waals surface area (Å²) < 4.78 is 7.90. The highest BCUT2D eigenvalue weighted by molar-refractivity contribution is 7.15. The standard InChI is InChI=1S/C15H22N4OS/c1-3-20-8-6-13-9-18-7-4-5-14(18)11-19(10-13)15-17-16-12(2)21-15/h4-5,7,13H,3,6,8-11H2,1-2H3/t13-/m1/s1. The molecule has 3 heterocycles. The van der Waals surface area contributed by atoms with Gasteiger partial charge in [0.2, 0.25) is 5.13 Å². The monoisotopic (exact) mass is 306 g/mol. The first-order chi connectivity index (χ1) is 10.3. The van der Waals surface area contributed by atoms with Crippen LogP contribution in [0, 0.1) is 12.8 Å². The highest BCUT2D eigenvalue weighted by Crippen LogP contribution is 2.27. The fourth-order valence-corrected chi connectivity index (χ4v) is 3.51. The summed E-state index contributed by atoms with van der Waals surface area (Å²) in [6.07, 6.45) is 3.26. The van der Waals surface area contributed by atoms with E-state index in [0.717, 1.165) is 49.4 Å². The van der Waals surface area contributed by atoms with Gasteiger partial charge in [-0.3, -0.25) is 0 Å². The van der Waals surface area contributed by atoms with Gasteiger partial charge in [-0.25, -0.2) is 0 Å². The SMILES string of the molecule is CCOCC[C@H]1CN(c2nnc(C)s2)Cc2cccn2C1. The van der Waals surface area contributed by atoms with Crippen LogP contribution in [0.1, 0.15) is 24.0 Å². The molecule has 1 aliphatic heterocycles. The van der Waals surface area contributed by atoms with Gasteiger partial charge in [-0.15, -0.1) is 10.2 Å². The number of rotatable bonds is 5. The Hall–Kier alpha value is -1.40. The number of ether oxygens (including phenoxy) is 1.